The van der Waals surface area contributed by atoms with Gasteiger partial charge < -0.3 is 15.5 Å². The Balaban J connectivity index is 1.49. The summed E-state index contributed by atoms with van der Waals surface area (Å²) in [6.45, 7) is 4.30. The molecule has 1 aromatic heterocycles. The van der Waals surface area contributed by atoms with E-state index in [0.717, 1.165) is 41.6 Å². The zero-order chi connectivity index (χ0) is 18.4. The smallest absolute Gasteiger partial charge is 0.227 e. The predicted molar refractivity (Wildman–Crippen MR) is 107 cm³/mol. The van der Waals surface area contributed by atoms with Gasteiger partial charge in [0.2, 0.25) is 5.91 Å². The van der Waals surface area contributed by atoms with Crippen molar-refractivity contribution in [2.75, 3.05) is 18.5 Å². The maximum atomic E-state index is 11.8. The topological polar surface area (TPSA) is 69.6 Å². The number of thiazole rings is 1. The van der Waals surface area contributed by atoms with E-state index in [1.165, 1.54) is 4.88 Å². The normalized spacial score (nSPS) is 14.8. The minimum Gasteiger partial charge on any atom is -0.352 e. The van der Waals surface area contributed by atoms with Crippen LogP contribution in [-0.4, -0.2) is 30.4 Å². The van der Waals surface area contributed by atoms with E-state index in [-0.39, 0.29) is 5.91 Å². The number of nitrogens with zero attached hydrogens (tertiary/aromatic N) is 3. The summed E-state index contributed by atoms with van der Waals surface area (Å²) in [6.07, 6.45) is 4.56. The van der Waals surface area contributed by atoms with Gasteiger partial charge in [0, 0.05) is 43.3 Å². The highest BCUT2D eigenvalue weighted by atomic mass is 32.1. The quantitative estimate of drug-likeness (QED) is 0.605. The second-order valence-corrected chi connectivity index (χ2v) is 7.37. The molecule has 0 radical (unpaired) electrons. The van der Waals surface area contributed by atoms with Crippen molar-refractivity contribution < 1.29 is 4.79 Å². The minimum atomic E-state index is 0.217. The number of aromatic nitrogens is 1. The molecule has 26 heavy (non-hydrogen) atoms. The fourth-order valence-corrected chi connectivity index (χ4v) is 3.68. The van der Waals surface area contributed by atoms with Crippen molar-refractivity contribution in [2.24, 2.45) is 4.99 Å². The van der Waals surface area contributed by atoms with Crippen LogP contribution in [0.4, 0.5) is 5.69 Å². The Hall–Kier alpha value is -2.41. The molecular weight excluding hydrogens is 346 g/mol. The van der Waals surface area contributed by atoms with E-state index in [2.05, 4.69) is 39.7 Å². The molecule has 2 heterocycles. The zero-order valence-corrected chi connectivity index (χ0v) is 16.1. The van der Waals surface area contributed by atoms with E-state index < -0.39 is 0 Å². The summed E-state index contributed by atoms with van der Waals surface area (Å²) in [5.74, 6) is 0.964. The van der Waals surface area contributed by atoms with Crippen molar-refractivity contribution in [2.45, 2.75) is 39.3 Å². The van der Waals surface area contributed by atoms with E-state index in [9.17, 15) is 4.79 Å². The van der Waals surface area contributed by atoms with Gasteiger partial charge in [-0.25, -0.2) is 4.98 Å². The summed E-state index contributed by atoms with van der Waals surface area (Å²) in [6, 6.07) is 8.13. The van der Waals surface area contributed by atoms with Gasteiger partial charge in [-0.15, -0.1) is 11.3 Å². The molecule has 0 saturated carbocycles. The van der Waals surface area contributed by atoms with Gasteiger partial charge in [-0.3, -0.25) is 9.79 Å². The molecule has 1 aliphatic heterocycles. The molecular formula is C19H25N5OS. The van der Waals surface area contributed by atoms with Gasteiger partial charge in [-0.1, -0.05) is 19.1 Å². The molecule has 6 nitrogen and oxygen atoms in total. The van der Waals surface area contributed by atoms with Gasteiger partial charge in [0.05, 0.1) is 6.54 Å². The first kappa shape index (κ1) is 18.4. The lowest BCUT2D eigenvalue weighted by Crippen LogP contribution is -2.36. The highest BCUT2D eigenvalue weighted by molar-refractivity contribution is 7.11. The van der Waals surface area contributed by atoms with Crippen molar-refractivity contribution >= 4 is 28.9 Å². The third-order valence-electron chi connectivity index (χ3n) is 4.36. The first-order chi connectivity index (χ1) is 12.7. The molecule has 0 atom stereocenters. The largest absolute Gasteiger partial charge is 0.352 e. The molecule has 1 fully saturated rings. The van der Waals surface area contributed by atoms with E-state index in [1.807, 2.05) is 23.2 Å². The van der Waals surface area contributed by atoms with Crippen LogP contribution >= 0.6 is 11.3 Å². The Morgan fingerprint density at radius 3 is 2.65 bits per heavy atom. The Morgan fingerprint density at radius 1 is 1.27 bits per heavy atom. The molecule has 0 spiro atoms. The van der Waals surface area contributed by atoms with Crippen LogP contribution in [0.5, 0.6) is 0 Å². The molecule has 2 aromatic rings. The lowest BCUT2D eigenvalue weighted by atomic mass is 10.2. The van der Waals surface area contributed by atoms with Crippen LogP contribution in [0.2, 0.25) is 0 Å². The van der Waals surface area contributed by atoms with Gasteiger partial charge in [-0.2, -0.15) is 0 Å². The molecule has 0 aliphatic carbocycles. The van der Waals surface area contributed by atoms with Crippen molar-refractivity contribution in [3.63, 3.8) is 0 Å². The number of rotatable bonds is 6. The number of amides is 1. The highest BCUT2D eigenvalue weighted by Crippen LogP contribution is 2.21. The minimum absolute atomic E-state index is 0.217. The number of anilines is 1. The monoisotopic (exact) mass is 371 g/mol. The van der Waals surface area contributed by atoms with Crippen LogP contribution in [0, 0.1) is 0 Å². The average Bonchev–Trinajstić information content (AvgIpc) is 3.31. The van der Waals surface area contributed by atoms with Crippen LogP contribution in [0.15, 0.2) is 35.5 Å². The van der Waals surface area contributed by atoms with Crippen LogP contribution in [-0.2, 0) is 24.3 Å². The second kappa shape index (κ2) is 8.80. The summed E-state index contributed by atoms with van der Waals surface area (Å²) < 4.78 is 0. The Bertz CT molecular complexity index is 768. The lowest BCUT2D eigenvalue weighted by Gasteiger charge is -2.16. The zero-order valence-electron chi connectivity index (χ0n) is 15.3. The van der Waals surface area contributed by atoms with E-state index in [0.29, 0.717) is 19.5 Å². The van der Waals surface area contributed by atoms with Crippen molar-refractivity contribution in [1.82, 2.24) is 15.6 Å². The summed E-state index contributed by atoms with van der Waals surface area (Å²) in [5.41, 5.74) is 2.13. The second-order valence-electron chi connectivity index (χ2n) is 6.17. The molecule has 0 unspecified atom stereocenters. The van der Waals surface area contributed by atoms with E-state index in [4.69, 9.17) is 0 Å². The van der Waals surface area contributed by atoms with Gasteiger partial charge in [-0.05, 0) is 30.5 Å². The molecule has 1 aliphatic rings. The number of benzene rings is 1. The third kappa shape index (κ3) is 4.60. The molecule has 0 bridgehead atoms. The molecule has 1 amide bonds. The van der Waals surface area contributed by atoms with E-state index >= 15 is 0 Å². The van der Waals surface area contributed by atoms with Crippen molar-refractivity contribution in [3.05, 3.63) is 45.9 Å². The van der Waals surface area contributed by atoms with Gasteiger partial charge in [0.25, 0.3) is 0 Å². The summed E-state index contributed by atoms with van der Waals surface area (Å²) in [7, 11) is 1.76. The van der Waals surface area contributed by atoms with Crippen LogP contribution in [0.1, 0.15) is 35.2 Å². The molecule has 1 saturated heterocycles. The fraction of sp³-hybridized carbons (Fsp3) is 0.421. The standard InChI is InChI=1S/C19H25N5OS/c1-3-16-12-21-17(26-16)13-23-19(20-2)22-11-14-6-8-15(9-7-14)24-10-4-5-18(24)25/h6-9,12H,3-5,10-11,13H2,1-2H3,(H2,20,22,23). The molecule has 2 N–H and O–H groups in total. The van der Waals surface area contributed by atoms with Crippen molar-refractivity contribution in [1.29, 1.82) is 0 Å². The predicted octanol–water partition coefficient (Wildman–Crippen LogP) is 2.70. The van der Waals surface area contributed by atoms with Gasteiger partial charge in [0.15, 0.2) is 5.96 Å². The van der Waals surface area contributed by atoms with Gasteiger partial charge in [0.1, 0.15) is 5.01 Å². The average molecular weight is 372 g/mol. The number of aryl methyl sites for hydroxylation is 1. The van der Waals surface area contributed by atoms with Crippen LogP contribution in [0.25, 0.3) is 0 Å². The number of hydrogen-bond acceptors (Lipinski definition) is 4. The number of aliphatic imine (C=N–C) groups is 1. The Labute approximate surface area is 158 Å². The first-order valence-electron chi connectivity index (χ1n) is 8.97. The first-order valence-corrected chi connectivity index (χ1v) is 9.78. The molecule has 1 aromatic carbocycles. The Morgan fingerprint density at radius 2 is 2.04 bits per heavy atom. The molecule has 138 valence electrons. The summed E-state index contributed by atoms with van der Waals surface area (Å²) in [5, 5.41) is 7.66. The third-order valence-corrected chi connectivity index (χ3v) is 5.50. The van der Waals surface area contributed by atoms with Crippen molar-refractivity contribution in [3.8, 4) is 0 Å². The SMILES string of the molecule is CCc1cnc(CNC(=NC)NCc2ccc(N3CCCC3=O)cc2)s1. The fourth-order valence-electron chi connectivity index (χ4n) is 2.87. The summed E-state index contributed by atoms with van der Waals surface area (Å²) in [4.78, 5) is 23.6. The number of carbonyl (C=O) groups excluding carboxylic acids is 1. The van der Waals surface area contributed by atoms with E-state index in [1.54, 1.807) is 18.4 Å². The van der Waals surface area contributed by atoms with Gasteiger partial charge >= 0.3 is 0 Å². The number of nitrogens with one attached hydrogen (secondary N) is 2. The van der Waals surface area contributed by atoms with Crippen LogP contribution < -0.4 is 15.5 Å². The maximum Gasteiger partial charge on any atom is 0.227 e. The molecule has 7 heteroatoms. The molecule has 3 rings (SSSR count). The number of hydrogen-bond donors (Lipinski definition) is 2. The highest BCUT2D eigenvalue weighted by Gasteiger charge is 2.21. The van der Waals surface area contributed by atoms with Crippen LogP contribution in [0.3, 0.4) is 0 Å². The lowest BCUT2D eigenvalue weighted by molar-refractivity contribution is -0.117. The number of guanidine groups is 1. The maximum absolute atomic E-state index is 11.8. The summed E-state index contributed by atoms with van der Waals surface area (Å²) >= 11 is 1.73. The number of carbonyl (C=O) groups is 1. The Kier molecular flexibility index (Phi) is 6.22.